The van der Waals surface area contributed by atoms with Gasteiger partial charge < -0.3 is 5.32 Å². The third-order valence-electron chi connectivity index (χ3n) is 3.28. The molecule has 20 heavy (non-hydrogen) atoms. The van der Waals surface area contributed by atoms with E-state index in [1.807, 2.05) is 38.1 Å². The van der Waals surface area contributed by atoms with E-state index in [9.17, 15) is 4.79 Å². The van der Waals surface area contributed by atoms with E-state index in [-0.39, 0.29) is 11.9 Å². The second kappa shape index (κ2) is 6.62. The maximum absolute atomic E-state index is 12.1. The summed E-state index contributed by atoms with van der Waals surface area (Å²) in [6, 6.07) is 15.9. The van der Waals surface area contributed by atoms with Gasteiger partial charge >= 0.3 is 0 Å². The Labute approximate surface area is 124 Å². The summed E-state index contributed by atoms with van der Waals surface area (Å²) in [6.07, 6.45) is 2.05. The summed E-state index contributed by atoms with van der Waals surface area (Å²) in [5.41, 5.74) is 2.97. The number of thioether (sulfide) groups is 1. The van der Waals surface area contributed by atoms with Crippen LogP contribution in [-0.4, -0.2) is 12.2 Å². The van der Waals surface area contributed by atoms with Gasteiger partial charge in [0.25, 0.3) is 5.91 Å². The van der Waals surface area contributed by atoms with Crippen molar-refractivity contribution in [2.24, 2.45) is 0 Å². The van der Waals surface area contributed by atoms with Crippen molar-refractivity contribution in [3.63, 3.8) is 0 Å². The zero-order chi connectivity index (χ0) is 14.5. The van der Waals surface area contributed by atoms with Crippen molar-refractivity contribution in [1.29, 1.82) is 0 Å². The minimum absolute atomic E-state index is 0.000269. The molecule has 104 valence electrons. The Bertz CT molecular complexity index is 575. The van der Waals surface area contributed by atoms with Crippen molar-refractivity contribution in [2.75, 3.05) is 6.26 Å². The van der Waals surface area contributed by atoms with E-state index in [1.54, 1.807) is 11.8 Å². The number of hydrogen-bond acceptors (Lipinski definition) is 2. The second-order valence-electron chi connectivity index (χ2n) is 4.83. The second-order valence-corrected chi connectivity index (χ2v) is 5.71. The van der Waals surface area contributed by atoms with Gasteiger partial charge in [-0.2, -0.15) is 0 Å². The highest BCUT2D eigenvalue weighted by molar-refractivity contribution is 7.98. The van der Waals surface area contributed by atoms with Crippen LogP contribution >= 0.6 is 11.8 Å². The molecule has 2 aromatic rings. The number of rotatable bonds is 4. The van der Waals surface area contributed by atoms with Gasteiger partial charge in [0.15, 0.2) is 0 Å². The third-order valence-corrected chi connectivity index (χ3v) is 4.02. The lowest BCUT2D eigenvalue weighted by Gasteiger charge is -2.15. The normalized spacial score (nSPS) is 11.9. The Kier molecular flexibility index (Phi) is 4.85. The Hall–Kier alpha value is -1.74. The number of carbonyl (C=O) groups is 1. The molecule has 0 radical (unpaired) electrons. The standard InChI is InChI=1S/C17H19NOS/c1-12-4-6-15(7-5-12)17(19)18-13(2)14-8-10-16(20-3)11-9-14/h4-11,13H,1-3H3,(H,18,19)/t13-/m1/s1. The molecule has 0 unspecified atom stereocenters. The van der Waals surface area contributed by atoms with Crippen molar-refractivity contribution >= 4 is 17.7 Å². The quantitative estimate of drug-likeness (QED) is 0.853. The highest BCUT2D eigenvalue weighted by atomic mass is 32.2. The lowest BCUT2D eigenvalue weighted by molar-refractivity contribution is 0.0940. The van der Waals surface area contributed by atoms with Gasteiger partial charge in [-0.3, -0.25) is 4.79 Å². The van der Waals surface area contributed by atoms with E-state index in [1.165, 1.54) is 4.90 Å². The summed E-state index contributed by atoms with van der Waals surface area (Å²) in [6.45, 7) is 4.01. The Morgan fingerprint density at radius 3 is 2.20 bits per heavy atom. The van der Waals surface area contributed by atoms with Crippen molar-refractivity contribution < 1.29 is 4.79 Å². The molecule has 0 saturated heterocycles. The summed E-state index contributed by atoms with van der Waals surface area (Å²) >= 11 is 1.71. The van der Waals surface area contributed by atoms with E-state index >= 15 is 0 Å². The lowest BCUT2D eigenvalue weighted by atomic mass is 10.1. The van der Waals surface area contributed by atoms with Crippen LogP contribution in [0.2, 0.25) is 0 Å². The van der Waals surface area contributed by atoms with Crippen LogP contribution in [0.15, 0.2) is 53.4 Å². The zero-order valence-electron chi connectivity index (χ0n) is 12.0. The maximum atomic E-state index is 12.1. The average Bonchev–Trinajstić information content (AvgIpc) is 2.48. The molecule has 0 aromatic heterocycles. The molecular weight excluding hydrogens is 266 g/mol. The van der Waals surface area contributed by atoms with Gasteiger partial charge in [0.2, 0.25) is 0 Å². The summed E-state index contributed by atoms with van der Waals surface area (Å²) in [5.74, 6) is -0.0357. The molecule has 2 rings (SSSR count). The summed E-state index contributed by atoms with van der Waals surface area (Å²) in [5, 5.41) is 3.02. The van der Waals surface area contributed by atoms with E-state index in [2.05, 4.69) is 35.8 Å². The number of nitrogens with one attached hydrogen (secondary N) is 1. The van der Waals surface area contributed by atoms with Gasteiger partial charge in [-0.05, 0) is 49.9 Å². The highest BCUT2D eigenvalue weighted by Gasteiger charge is 2.11. The molecule has 0 saturated carbocycles. The summed E-state index contributed by atoms with van der Waals surface area (Å²) in [7, 11) is 0. The van der Waals surface area contributed by atoms with Crippen molar-refractivity contribution in [1.82, 2.24) is 5.32 Å². The number of amides is 1. The van der Waals surface area contributed by atoms with Crippen LogP contribution in [0.5, 0.6) is 0 Å². The topological polar surface area (TPSA) is 29.1 Å². The minimum atomic E-state index is -0.0357. The van der Waals surface area contributed by atoms with Gasteiger partial charge in [-0.15, -0.1) is 11.8 Å². The first-order valence-corrected chi connectivity index (χ1v) is 7.84. The van der Waals surface area contributed by atoms with Crippen molar-refractivity contribution in [3.05, 3.63) is 65.2 Å². The predicted molar refractivity (Wildman–Crippen MR) is 85.3 cm³/mol. The number of aryl methyl sites for hydroxylation is 1. The first-order valence-electron chi connectivity index (χ1n) is 6.61. The molecule has 0 heterocycles. The molecule has 1 amide bonds. The average molecular weight is 285 g/mol. The molecule has 0 spiro atoms. The van der Waals surface area contributed by atoms with E-state index in [4.69, 9.17) is 0 Å². The zero-order valence-corrected chi connectivity index (χ0v) is 12.8. The fourth-order valence-electron chi connectivity index (χ4n) is 1.96. The first-order chi connectivity index (χ1) is 9.60. The van der Waals surface area contributed by atoms with Crippen LogP contribution in [0.4, 0.5) is 0 Å². The molecule has 0 aliphatic carbocycles. The lowest BCUT2D eigenvalue weighted by Crippen LogP contribution is -2.26. The predicted octanol–water partition coefficient (Wildman–Crippen LogP) is 4.21. The van der Waals surface area contributed by atoms with Crippen LogP contribution in [0.3, 0.4) is 0 Å². The number of carbonyl (C=O) groups excluding carboxylic acids is 1. The summed E-state index contributed by atoms with van der Waals surface area (Å²) < 4.78 is 0. The number of hydrogen-bond donors (Lipinski definition) is 1. The molecule has 2 nitrogen and oxygen atoms in total. The summed E-state index contributed by atoms with van der Waals surface area (Å²) in [4.78, 5) is 13.4. The molecule has 1 N–H and O–H groups in total. The maximum Gasteiger partial charge on any atom is 0.251 e. The minimum Gasteiger partial charge on any atom is -0.346 e. The van der Waals surface area contributed by atoms with Crippen LogP contribution in [0.1, 0.15) is 34.5 Å². The SMILES string of the molecule is CSc1ccc([C@@H](C)NC(=O)c2ccc(C)cc2)cc1. The van der Waals surface area contributed by atoms with Gasteiger partial charge in [0.1, 0.15) is 0 Å². The Morgan fingerprint density at radius 2 is 1.65 bits per heavy atom. The van der Waals surface area contributed by atoms with Crippen LogP contribution in [0, 0.1) is 6.92 Å². The molecule has 2 aromatic carbocycles. The molecule has 3 heteroatoms. The van der Waals surface area contributed by atoms with E-state index in [0.29, 0.717) is 5.56 Å². The van der Waals surface area contributed by atoms with Crippen LogP contribution in [-0.2, 0) is 0 Å². The fraction of sp³-hybridized carbons (Fsp3) is 0.235. The van der Waals surface area contributed by atoms with Gasteiger partial charge in [-0.25, -0.2) is 0 Å². The molecular formula is C17H19NOS. The monoisotopic (exact) mass is 285 g/mol. The number of benzene rings is 2. The molecule has 1 atom stereocenters. The highest BCUT2D eigenvalue weighted by Crippen LogP contribution is 2.19. The van der Waals surface area contributed by atoms with Crippen LogP contribution < -0.4 is 5.32 Å². The van der Waals surface area contributed by atoms with E-state index < -0.39 is 0 Å². The van der Waals surface area contributed by atoms with Gasteiger partial charge in [0.05, 0.1) is 6.04 Å². The molecule has 0 bridgehead atoms. The first kappa shape index (κ1) is 14.7. The smallest absolute Gasteiger partial charge is 0.251 e. The molecule has 0 fully saturated rings. The van der Waals surface area contributed by atoms with E-state index in [0.717, 1.165) is 11.1 Å². The van der Waals surface area contributed by atoms with Crippen molar-refractivity contribution in [3.8, 4) is 0 Å². The van der Waals surface area contributed by atoms with Crippen LogP contribution in [0.25, 0.3) is 0 Å². The largest absolute Gasteiger partial charge is 0.346 e. The van der Waals surface area contributed by atoms with Crippen molar-refractivity contribution in [2.45, 2.75) is 24.8 Å². The van der Waals surface area contributed by atoms with Gasteiger partial charge in [0, 0.05) is 10.5 Å². The van der Waals surface area contributed by atoms with Gasteiger partial charge in [-0.1, -0.05) is 29.8 Å². The Balaban J connectivity index is 2.04. The Morgan fingerprint density at radius 1 is 1.05 bits per heavy atom. The third kappa shape index (κ3) is 3.64. The fourth-order valence-corrected chi connectivity index (χ4v) is 2.37. The molecule has 0 aliphatic heterocycles. The molecule has 0 aliphatic rings.